The van der Waals surface area contributed by atoms with Crippen molar-refractivity contribution in [1.82, 2.24) is 24.7 Å². The van der Waals surface area contributed by atoms with Crippen LogP contribution in [0.5, 0.6) is 0 Å². The summed E-state index contributed by atoms with van der Waals surface area (Å²) in [6.45, 7) is 3.02. The molecule has 1 aliphatic heterocycles. The largest absolute Gasteiger partial charge is 0.353 e. The van der Waals surface area contributed by atoms with Crippen LogP contribution in [0.25, 0.3) is 11.0 Å². The number of pyridine rings is 1. The molecule has 4 heterocycles. The zero-order valence-electron chi connectivity index (χ0n) is 16.9. The third-order valence-corrected chi connectivity index (χ3v) is 6.88. The SMILES string of the molecule is CCCc1nn(C)c2c(N3CCS(=O)(=O)CC3)nc(CCc3cccnc3)nc12. The lowest BCUT2D eigenvalue weighted by molar-refractivity contribution is 0.586. The van der Waals surface area contributed by atoms with Crippen molar-refractivity contribution in [3.05, 3.63) is 41.6 Å². The van der Waals surface area contributed by atoms with E-state index in [1.807, 2.05) is 24.0 Å². The molecule has 1 saturated heterocycles. The van der Waals surface area contributed by atoms with Crippen LogP contribution in [0, 0.1) is 0 Å². The number of rotatable bonds is 6. The standard InChI is InChI=1S/C20H26N6O2S/c1-3-5-16-18-19(25(2)24-16)20(26-10-12-29(27,28)13-11-26)23-17(22-18)8-7-15-6-4-9-21-14-15/h4,6,9,14H,3,5,7-8,10-13H2,1-2H3. The van der Waals surface area contributed by atoms with E-state index in [4.69, 9.17) is 9.97 Å². The summed E-state index contributed by atoms with van der Waals surface area (Å²) in [6, 6.07) is 3.98. The topological polar surface area (TPSA) is 93.9 Å². The molecule has 8 nitrogen and oxygen atoms in total. The van der Waals surface area contributed by atoms with Gasteiger partial charge in [-0.2, -0.15) is 5.10 Å². The Morgan fingerprint density at radius 1 is 1.10 bits per heavy atom. The Morgan fingerprint density at radius 2 is 1.90 bits per heavy atom. The molecule has 0 saturated carbocycles. The van der Waals surface area contributed by atoms with E-state index < -0.39 is 9.84 Å². The molecule has 0 amide bonds. The Morgan fingerprint density at radius 3 is 2.59 bits per heavy atom. The normalized spacial score (nSPS) is 16.4. The van der Waals surface area contributed by atoms with Gasteiger partial charge in [-0.25, -0.2) is 18.4 Å². The molecule has 0 N–H and O–H groups in total. The molecule has 154 valence electrons. The summed E-state index contributed by atoms with van der Waals surface area (Å²) in [7, 11) is -1.05. The molecule has 0 unspecified atom stereocenters. The second kappa shape index (κ2) is 8.06. The van der Waals surface area contributed by atoms with Gasteiger partial charge in [-0.1, -0.05) is 19.4 Å². The van der Waals surface area contributed by atoms with Crippen molar-refractivity contribution in [2.24, 2.45) is 7.05 Å². The van der Waals surface area contributed by atoms with Gasteiger partial charge in [0.25, 0.3) is 0 Å². The van der Waals surface area contributed by atoms with Gasteiger partial charge in [-0.15, -0.1) is 0 Å². The second-order valence-corrected chi connectivity index (χ2v) is 9.78. The predicted molar refractivity (Wildman–Crippen MR) is 113 cm³/mol. The number of hydrogen-bond donors (Lipinski definition) is 0. The number of nitrogens with zero attached hydrogens (tertiary/aromatic N) is 6. The van der Waals surface area contributed by atoms with Gasteiger partial charge in [-0.05, 0) is 24.5 Å². The van der Waals surface area contributed by atoms with Gasteiger partial charge in [0.2, 0.25) is 0 Å². The fourth-order valence-corrected chi connectivity index (χ4v) is 4.93. The number of aromatic nitrogens is 5. The van der Waals surface area contributed by atoms with E-state index >= 15 is 0 Å². The van der Waals surface area contributed by atoms with Gasteiger partial charge >= 0.3 is 0 Å². The Labute approximate surface area is 170 Å². The molecule has 0 aliphatic carbocycles. The van der Waals surface area contributed by atoms with Crippen LogP contribution >= 0.6 is 0 Å². The highest BCUT2D eigenvalue weighted by Crippen LogP contribution is 2.28. The number of sulfone groups is 1. The molecule has 1 fully saturated rings. The zero-order valence-corrected chi connectivity index (χ0v) is 17.7. The molecule has 1 aliphatic rings. The molecule has 0 atom stereocenters. The van der Waals surface area contributed by atoms with E-state index in [1.54, 1.807) is 6.20 Å². The lowest BCUT2D eigenvalue weighted by atomic mass is 10.1. The van der Waals surface area contributed by atoms with Crippen molar-refractivity contribution in [2.75, 3.05) is 29.5 Å². The molecule has 0 bridgehead atoms. The van der Waals surface area contributed by atoms with Crippen LogP contribution < -0.4 is 4.90 Å². The first-order chi connectivity index (χ1) is 14.0. The summed E-state index contributed by atoms with van der Waals surface area (Å²) in [5.74, 6) is 1.87. The van der Waals surface area contributed by atoms with Gasteiger partial charge in [0.1, 0.15) is 16.9 Å². The highest BCUT2D eigenvalue weighted by Gasteiger charge is 2.26. The minimum atomic E-state index is -2.96. The van der Waals surface area contributed by atoms with Crippen LogP contribution in [0.2, 0.25) is 0 Å². The average Bonchev–Trinajstić information content (AvgIpc) is 3.02. The number of fused-ring (bicyclic) bond motifs is 1. The summed E-state index contributed by atoms with van der Waals surface area (Å²) < 4.78 is 25.6. The molecule has 3 aromatic heterocycles. The Hall–Kier alpha value is -2.55. The first kappa shape index (κ1) is 19.8. The molecule has 3 aromatic rings. The van der Waals surface area contributed by atoms with Crippen LogP contribution in [0.1, 0.15) is 30.4 Å². The van der Waals surface area contributed by atoms with E-state index in [2.05, 4.69) is 28.0 Å². The minimum Gasteiger partial charge on any atom is -0.353 e. The molecule has 29 heavy (non-hydrogen) atoms. The van der Waals surface area contributed by atoms with Gasteiger partial charge in [0.15, 0.2) is 15.7 Å². The van der Waals surface area contributed by atoms with E-state index in [0.29, 0.717) is 19.5 Å². The summed E-state index contributed by atoms with van der Waals surface area (Å²) in [4.78, 5) is 16.0. The van der Waals surface area contributed by atoms with E-state index in [1.165, 1.54) is 0 Å². The lowest BCUT2D eigenvalue weighted by Gasteiger charge is -2.28. The van der Waals surface area contributed by atoms with Crippen molar-refractivity contribution >= 4 is 26.7 Å². The maximum absolute atomic E-state index is 11.9. The minimum absolute atomic E-state index is 0.156. The molecule has 0 aromatic carbocycles. The van der Waals surface area contributed by atoms with Gasteiger partial charge in [-0.3, -0.25) is 9.67 Å². The summed E-state index contributed by atoms with van der Waals surface area (Å²) >= 11 is 0. The van der Waals surface area contributed by atoms with Crippen molar-refractivity contribution in [1.29, 1.82) is 0 Å². The summed E-state index contributed by atoms with van der Waals surface area (Å²) in [5.41, 5.74) is 3.88. The smallest absolute Gasteiger partial charge is 0.158 e. The number of anilines is 1. The molecule has 0 spiro atoms. The first-order valence-electron chi connectivity index (χ1n) is 10.0. The quantitative estimate of drug-likeness (QED) is 0.606. The van der Waals surface area contributed by atoms with Crippen LogP contribution in [0.3, 0.4) is 0 Å². The van der Waals surface area contributed by atoms with E-state index in [9.17, 15) is 8.42 Å². The van der Waals surface area contributed by atoms with Crippen LogP contribution in [-0.4, -0.2) is 57.7 Å². The lowest BCUT2D eigenvalue weighted by Crippen LogP contribution is -2.41. The maximum atomic E-state index is 11.9. The predicted octanol–water partition coefficient (Wildman–Crippen LogP) is 1.73. The first-order valence-corrected chi connectivity index (χ1v) is 11.9. The van der Waals surface area contributed by atoms with Crippen LogP contribution in [-0.2, 0) is 36.1 Å². The van der Waals surface area contributed by atoms with E-state index in [-0.39, 0.29) is 11.5 Å². The average molecular weight is 415 g/mol. The summed E-state index contributed by atoms with van der Waals surface area (Å²) in [5, 5.41) is 4.68. The molecular formula is C20H26N6O2S. The zero-order chi connectivity index (χ0) is 20.4. The molecular weight excluding hydrogens is 388 g/mol. The highest BCUT2D eigenvalue weighted by molar-refractivity contribution is 7.91. The van der Waals surface area contributed by atoms with Crippen molar-refractivity contribution in [3.8, 4) is 0 Å². The van der Waals surface area contributed by atoms with Crippen molar-refractivity contribution in [3.63, 3.8) is 0 Å². The number of hydrogen-bond acceptors (Lipinski definition) is 7. The monoisotopic (exact) mass is 414 g/mol. The summed E-state index contributed by atoms with van der Waals surface area (Å²) in [6.07, 6.45) is 6.96. The van der Waals surface area contributed by atoms with E-state index in [0.717, 1.165) is 53.2 Å². The Balaban J connectivity index is 1.73. The fourth-order valence-electron chi connectivity index (χ4n) is 3.73. The van der Waals surface area contributed by atoms with Gasteiger partial charge in [0.05, 0.1) is 17.2 Å². The highest BCUT2D eigenvalue weighted by atomic mass is 32.2. The molecule has 4 rings (SSSR count). The van der Waals surface area contributed by atoms with Crippen LogP contribution in [0.4, 0.5) is 5.82 Å². The Bertz CT molecular complexity index is 1100. The van der Waals surface area contributed by atoms with Gasteiger partial charge < -0.3 is 4.90 Å². The molecule has 0 radical (unpaired) electrons. The van der Waals surface area contributed by atoms with Crippen molar-refractivity contribution < 1.29 is 8.42 Å². The number of aryl methyl sites for hydroxylation is 4. The fraction of sp³-hybridized carbons (Fsp3) is 0.500. The second-order valence-electron chi connectivity index (χ2n) is 7.48. The maximum Gasteiger partial charge on any atom is 0.158 e. The van der Waals surface area contributed by atoms with Gasteiger partial charge in [0, 0.05) is 39.0 Å². The third-order valence-electron chi connectivity index (χ3n) is 5.27. The van der Waals surface area contributed by atoms with Crippen molar-refractivity contribution in [2.45, 2.75) is 32.6 Å². The Kier molecular flexibility index (Phi) is 5.49. The third kappa shape index (κ3) is 4.24. The van der Waals surface area contributed by atoms with Crippen LogP contribution in [0.15, 0.2) is 24.5 Å². The molecule has 9 heteroatoms.